The highest BCUT2D eigenvalue weighted by molar-refractivity contribution is 6.14. The molecule has 0 saturated heterocycles. The van der Waals surface area contributed by atoms with Crippen LogP contribution in [0.15, 0.2) is 41.0 Å². The van der Waals surface area contributed by atoms with E-state index < -0.39 is 5.54 Å². The van der Waals surface area contributed by atoms with Crippen LogP contribution in [-0.4, -0.2) is 45.9 Å². The van der Waals surface area contributed by atoms with Gasteiger partial charge in [0.2, 0.25) is 11.8 Å². The first-order chi connectivity index (χ1) is 17.3. The topological polar surface area (TPSA) is 106 Å². The van der Waals surface area contributed by atoms with Gasteiger partial charge in [-0.15, -0.1) is 0 Å². The molecule has 190 valence electrons. The fraction of sp³-hybridized carbons (Fsp3) is 0.444. The van der Waals surface area contributed by atoms with Crippen LogP contribution in [-0.2, 0) is 22.7 Å². The second-order valence-electron chi connectivity index (χ2n) is 9.93. The van der Waals surface area contributed by atoms with Gasteiger partial charge in [-0.05, 0) is 50.1 Å². The molecule has 9 heteroatoms. The number of carbonyl (C=O) groups is 3. The van der Waals surface area contributed by atoms with E-state index in [4.69, 9.17) is 9.15 Å². The molecule has 1 aromatic carbocycles. The lowest BCUT2D eigenvalue weighted by Crippen LogP contribution is -2.64. The molecule has 2 aromatic heterocycles. The van der Waals surface area contributed by atoms with Crippen molar-refractivity contribution in [2.75, 3.05) is 12.4 Å². The van der Waals surface area contributed by atoms with Gasteiger partial charge < -0.3 is 29.3 Å². The van der Waals surface area contributed by atoms with E-state index in [0.717, 1.165) is 31.2 Å². The number of methoxy groups -OCH3 is 1. The van der Waals surface area contributed by atoms with Gasteiger partial charge in [0.05, 0.1) is 37.7 Å². The second kappa shape index (κ2) is 9.37. The maximum absolute atomic E-state index is 14.2. The Morgan fingerprint density at radius 1 is 1.19 bits per heavy atom. The Morgan fingerprint density at radius 3 is 2.64 bits per heavy atom. The van der Waals surface area contributed by atoms with Crippen molar-refractivity contribution in [3.63, 3.8) is 0 Å². The zero-order valence-corrected chi connectivity index (χ0v) is 20.9. The van der Waals surface area contributed by atoms with Gasteiger partial charge in [0.15, 0.2) is 0 Å². The van der Waals surface area contributed by atoms with Crippen molar-refractivity contribution >= 4 is 34.3 Å². The number of nitrogens with zero attached hydrogens (tertiary/aromatic N) is 2. The summed E-state index contributed by atoms with van der Waals surface area (Å²) in [7, 11) is 1.57. The molecule has 3 aromatic rings. The first-order valence-electron chi connectivity index (χ1n) is 12.4. The molecular formula is C27H32N4O5. The zero-order valence-electron chi connectivity index (χ0n) is 20.9. The van der Waals surface area contributed by atoms with Crippen LogP contribution >= 0.6 is 0 Å². The van der Waals surface area contributed by atoms with E-state index in [-0.39, 0.29) is 36.9 Å². The predicted octanol–water partition coefficient (Wildman–Crippen LogP) is 4.06. The maximum atomic E-state index is 14.2. The van der Waals surface area contributed by atoms with E-state index in [9.17, 15) is 14.4 Å². The predicted molar refractivity (Wildman–Crippen MR) is 135 cm³/mol. The minimum atomic E-state index is -1.17. The summed E-state index contributed by atoms with van der Waals surface area (Å²) in [6, 6.07) is 9.12. The van der Waals surface area contributed by atoms with Gasteiger partial charge in [0.25, 0.3) is 5.91 Å². The fourth-order valence-electron chi connectivity index (χ4n) is 5.48. The lowest BCUT2D eigenvalue weighted by molar-refractivity contribution is -0.134. The molecule has 5 rings (SSSR count). The number of furan rings is 1. The van der Waals surface area contributed by atoms with Crippen molar-refractivity contribution in [2.24, 2.45) is 0 Å². The summed E-state index contributed by atoms with van der Waals surface area (Å²) in [5.74, 6) is 0.359. The number of nitrogens with one attached hydrogen (secondary N) is 2. The molecule has 0 radical (unpaired) electrons. The van der Waals surface area contributed by atoms with E-state index in [0.29, 0.717) is 28.3 Å². The van der Waals surface area contributed by atoms with Crippen LogP contribution in [0.4, 0.5) is 5.69 Å². The van der Waals surface area contributed by atoms with Gasteiger partial charge >= 0.3 is 0 Å². The van der Waals surface area contributed by atoms with E-state index in [1.54, 1.807) is 36.5 Å². The Balaban J connectivity index is 1.64. The quantitative estimate of drug-likeness (QED) is 0.540. The summed E-state index contributed by atoms with van der Waals surface area (Å²) in [6.07, 6.45) is 6.79. The molecule has 36 heavy (non-hydrogen) atoms. The summed E-state index contributed by atoms with van der Waals surface area (Å²) in [5, 5.41) is 6.76. The van der Waals surface area contributed by atoms with Crippen LogP contribution in [0.25, 0.3) is 10.9 Å². The van der Waals surface area contributed by atoms with Gasteiger partial charge in [-0.1, -0.05) is 19.3 Å². The average Bonchev–Trinajstić information content (AvgIpc) is 3.48. The summed E-state index contributed by atoms with van der Waals surface area (Å²) < 4.78 is 12.8. The van der Waals surface area contributed by atoms with Crippen molar-refractivity contribution in [2.45, 2.75) is 70.6 Å². The van der Waals surface area contributed by atoms with E-state index in [2.05, 4.69) is 10.6 Å². The molecule has 1 atom stereocenters. The molecule has 3 heterocycles. The molecular weight excluding hydrogens is 460 g/mol. The van der Waals surface area contributed by atoms with Gasteiger partial charge in [-0.25, -0.2) is 0 Å². The Hall–Kier alpha value is -3.75. The summed E-state index contributed by atoms with van der Waals surface area (Å²) in [5.41, 5.74) is 0.328. The molecule has 0 unspecified atom stereocenters. The fourth-order valence-corrected chi connectivity index (χ4v) is 5.48. The van der Waals surface area contributed by atoms with Crippen LogP contribution in [0, 0.1) is 0 Å². The highest BCUT2D eigenvalue weighted by Crippen LogP contribution is 2.40. The Bertz CT molecular complexity index is 1310. The Kier molecular flexibility index (Phi) is 6.24. The molecule has 2 aliphatic rings. The van der Waals surface area contributed by atoms with Crippen molar-refractivity contribution in [3.05, 3.63) is 48.0 Å². The van der Waals surface area contributed by atoms with Crippen LogP contribution in [0.3, 0.4) is 0 Å². The minimum absolute atomic E-state index is 0.102. The molecule has 1 saturated carbocycles. The Morgan fingerprint density at radius 2 is 1.97 bits per heavy atom. The zero-order chi connectivity index (χ0) is 25.4. The highest BCUT2D eigenvalue weighted by Gasteiger charge is 2.49. The lowest BCUT2D eigenvalue weighted by Gasteiger charge is -2.44. The standard InChI is InChI=1S/C27H32N4O5/c1-17(32)28-23-21-14-19(35-3)11-12-22(21)30-16-27(2,26(34)29-18-8-5-4-6-9-18)31(25(33)24(23)30)15-20-10-7-13-36-20/h7,10-14,18H,4-6,8-9,15-16H2,1-3H3,(H,28,32)(H,29,34)/t27-/m1/s1. The van der Waals surface area contributed by atoms with E-state index in [1.807, 2.05) is 23.6 Å². The molecule has 3 amide bonds. The number of hydrogen-bond donors (Lipinski definition) is 2. The lowest BCUT2D eigenvalue weighted by atomic mass is 9.91. The number of anilines is 1. The van der Waals surface area contributed by atoms with Crippen LogP contribution < -0.4 is 15.4 Å². The second-order valence-corrected chi connectivity index (χ2v) is 9.93. The summed E-state index contributed by atoms with van der Waals surface area (Å²) in [6.45, 7) is 3.58. The Labute approximate surface area is 209 Å². The monoisotopic (exact) mass is 492 g/mol. The number of rotatable bonds is 6. The first kappa shape index (κ1) is 24.0. The summed E-state index contributed by atoms with van der Waals surface area (Å²) in [4.78, 5) is 41.8. The molecule has 1 aliphatic heterocycles. The maximum Gasteiger partial charge on any atom is 0.274 e. The van der Waals surface area contributed by atoms with Crippen LogP contribution in [0.5, 0.6) is 5.75 Å². The van der Waals surface area contributed by atoms with Gasteiger partial charge in [-0.2, -0.15) is 0 Å². The number of benzene rings is 1. The number of fused-ring (bicyclic) bond motifs is 3. The average molecular weight is 493 g/mol. The number of carbonyl (C=O) groups excluding carboxylic acids is 3. The number of amides is 3. The largest absolute Gasteiger partial charge is 0.497 e. The van der Waals surface area contributed by atoms with Gasteiger partial charge in [0.1, 0.15) is 22.7 Å². The highest BCUT2D eigenvalue weighted by atomic mass is 16.5. The molecule has 1 aliphatic carbocycles. The van der Waals surface area contributed by atoms with Gasteiger partial charge in [0, 0.05) is 18.4 Å². The molecule has 0 bridgehead atoms. The molecule has 1 fully saturated rings. The minimum Gasteiger partial charge on any atom is -0.497 e. The number of aromatic nitrogens is 1. The third-order valence-corrected chi connectivity index (χ3v) is 7.40. The number of ether oxygens (including phenoxy) is 1. The first-order valence-corrected chi connectivity index (χ1v) is 12.4. The van der Waals surface area contributed by atoms with Crippen molar-refractivity contribution in [1.29, 1.82) is 0 Å². The third-order valence-electron chi connectivity index (χ3n) is 7.40. The molecule has 2 N–H and O–H groups in total. The summed E-state index contributed by atoms with van der Waals surface area (Å²) >= 11 is 0. The molecule has 0 spiro atoms. The van der Waals surface area contributed by atoms with E-state index >= 15 is 0 Å². The van der Waals surface area contributed by atoms with Crippen LogP contribution in [0.1, 0.15) is 62.2 Å². The third kappa shape index (κ3) is 4.12. The van der Waals surface area contributed by atoms with Crippen molar-refractivity contribution in [1.82, 2.24) is 14.8 Å². The number of hydrogen-bond acceptors (Lipinski definition) is 5. The smallest absolute Gasteiger partial charge is 0.274 e. The molecule has 9 nitrogen and oxygen atoms in total. The SMILES string of the molecule is COc1ccc2c(c1)c(NC(C)=O)c1n2C[C@](C)(C(=O)NC2CCCCC2)N(Cc2ccco2)C1=O. The van der Waals surface area contributed by atoms with Crippen LogP contribution in [0.2, 0.25) is 0 Å². The van der Waals surface area contributed by atoms with Gasteiger partial charge in [-0.3, -0.25) is 14.4 Å². The van der Waals surface area contributed by atoms with Crippen molar-refractivity contribution in [3.8, 4) is 5.75 Å². The van der Waals surface area contributed by atoms with Crippen molar-refractivity contribution < 1.29 is 23.5 Å². The normalized spacial score (nSPS) is 20.3. The van der Waals surface area contributed by atoms with E-state index in [1.165, 1.54) is 13.3 Å².